The predicted molar refractivity (Wildman–Crippen MR) is 83.5 cm³/mol. The third-order valence-electron chi connectivity index (χ3n) is 3.46. The van der Waals surface area contributed by atoms with Crippen LogP contribution in [0, 0.1) is 5.41 Å². The van der Waals surface area contributed by atoms with Gasteiger partial charge in [0.2, 0.25) is 5.91 Å². The predicted octanol–water partition coefficient (Wildman–Crippen LogP) is 0.943. The molecule has 1 aromatic rings. The van der Waals surface area contributed by atoms with E-state index >= 15 is 0 Å². The molecule has 22 heavy (non-hydrogen) atoms. The lowest BCUT2D eigenvalue weighted by Gasteiger charge is -2.24. The summed E-state index contributed by atoms with van der Waals surface area (Å²) in [5.41, 5.74) is -0.427. The second-order valence-electron chi connectivity index (χ2n) is 6.47. The maximum absolute atomic E-state index is 12.4. The third kappa shape index (κ3) is 4.24. The van der Waals surface area contributed by atoms with Crippen LogP contribution in [0.2, 0.25) is 0 Å². The highest BCUT2D eigenvalue weighted by Crippen LogP contribution is 2.17. The van der Waals surface area contributed by atoms with Gasteiger partial charge in [0.15, 0.2) is 11.5 Å². The Morgan fingerprint density at radius 3 is 2.64 bits per heavy atom. The van der Waals surface area contributed by atoms with Gasteiger partial charge < -0.3 is 16.0 Å². The van der Waals surface area contributed by atoms with Gasteiger partial charge in [-0.2, -0.15) is 0 Å². The van der Waals surface area contributed by atoms with Gasteiger partial charge in [-0.1, -0.05) is 20.8 Å². The maximum atomic E-state index is 12.4. The van der Waals surface area contributed by atoms with Crippen molar-refractivity contribution in [2.75, 3.05) is 18.4 Å². The molecule has 0 aliphatic carbocycles. The minimum absolute atomic E-state index is 0.0782. The first-order valence-electron chi connectivity index (χ1n) is 7.52. The van der Waals surface area contributed by atoms with Gasteiger partial charge in [0.1, 0.15) is 0 Å². The summed E-state index contributed by atoms with van der Waals surface area (Å²) in [6, 6.07) is 0.0782. The van der Waals surface area contributed by atoms with Gasteiger partial charge in [0.25, 0.3) is 5.91 Å². The molecule has 0 bridgehead atoms. The van der Waals surface area contributed by atoms with Crippen LogP contribution in [0.3, 0.4) is 0 Å². The first-order valence-corrected chi connectivity index (χ1v) is 7.52. The Labute approximate surface area is 130 Å². The fraction of sp³-hybridized carbons (Fsp3) is 0.600. The standard InChI is InChI=1S/C15H23N5O2/c1-15(2,3)14(22)20-12-11(17-7-8-18-12)13(21)19-10-5-4-6-16-9-10/h7-8,10,16H,4-6,9H2,1-3H3,(H,19,21)(H,18,20,22)/t10-/m0/s1. The minimum atomic E-state index is -0.571. The van der Waals surface area contributed by atoms with E-state index in [1.165, 1.54) is 12.4 Å². The van der Waals surface area contributed by atoms with Crippen LogP contribution in [-0.4, -0.2) is 40.9 Å². The topological polar surface area (TPSA) is 96.0 Å². The molecule has 2 heterocycles. The zero-order valence-corrected chi connectivity index (χ0v) is 13.3. The van der Waals surface area contributed by atoms with E-state index in [1.807, 2.05) is 0 Å². The van der Waals surface area contributed by atoms with Gasteiger partial charge in [0.05, 0.1) is 0 Å². The number of amides is 2. The summed E-state index contributed by atoms with van der Waals surface area (Å²) in [6.45, 7) is 7.12. The highest BCUT2D eigenvalue weighted by Gasteiger charge is 2.25. The summed E-state index contributed by atoms with van der Waals surface area (Å²) < 4.78 is 0. The molecular formula is C15H23N5O2. The summed E-state index contributed by atoms with van der Waals surface area (Å²) in [6.07, 6.45) is 4.86. The van der Waals surface area contributed by atoms with Gasteiger partial charge in [-0.25, -0.2) is 9.97 Å². The Kier molecular flexibility index (Phi) is 5.07. The smallest absolute Gasteiger partial charge is 0.274 e. The second kappa shape index (κ2) is 6.83. The molecule has 120 valence electrons. The molecule has 0 unspecified atom stereocenters. The Morgan fingerprint density at radius 2 is 2.00 bits per heavy atom. The van der Waals surface area contributed by atoms with Crippen molar-refractivity contribution in [1.82, 2.24) is 20.6 Å². The molecule has 3 N–H and O–H groups in total. The quantitative estimate of drug-likeness (QED) is 0.772. The van der Waals surface area contributed by atoms with E-state index in [4.69, 9.17) is 0 Å². The largest absolute Gasteiger partial charge is 0.347 e. The Bertz CT molecular complexity index is 547. The number of hydrogen-bond acceptors (Lipinski definition) is 5. The Balaban J connectivity index is 2.10. The van der Waals surface area contributed by atoms with Crippen LogP contribution >= 0.6 is 0 Å². The first kappa shape index (κ1) is 16.4. The van der Waals surface area contributed by atoms with Crippen molar-refractivity contribution < 1.29 is 9.59 Å². The van der Waals surface area contributed by atoms with Gasteiger partial charge in [-0.15, -0.1) is 0 Å². The molecule has 7 heteroatoms. The van der Waals surface area contributed by atoms with Crippen LogP contribution in [0.1, 0.15) is 44.1 Å². The number of carbonyl (C=O) groups excluding carboxylic acids is 2. The number of nitrogens with one attached hydrogen (secondary N) is 3. The molecule has 0 aromatic carbocycles. The van der Waals surface area contributed by atoms with Crippen molar-refractivity contribution in [2.24, 2.45) is 5.41 Å². The van der Waals surface area contributed by atoms with Crippen LogP contribution in [0.25, 0.3) is 0 Å². The number of aromatic nitrogens is 2. The summed E-state index contributed by atoms with van der Waals surface area (Å²) in [4.78, 5) is 32.6. The van der Waals surface area contributed by atoms with Crippen molar-refractivity contribution >= 4 is 17.6 Å². The van der Waals surface area contributed by atoms with Crippen molar-refractivity contribution in [3.63, 3.8) is 0 Å². The SMILES string of the molecule is CC(C)(C)C(=O)Nc1nccnc1C(=O)N[C@H]1CCCNC1. The lowest BCUT2D eigenvalue weighted by Crippen LogP contribution is -2.46. The van der Waals surface area contributed by atoms with E-state index < -0.39 is 5.41 Å². The molecule has 0 radical (unpaired) electrons. The molecule has 0 spiro atoms. The molecule has 0 saturated carbocycles. The molecule has 2 amide bonds. The average Bonchev–Trinajstić information content (AvgIpc) is 2.47. The average molecular weight is 305 g/mol. The molecular weight excluding hydrogens is 282 g/mol. The summed E-state index contributed by atoms with van der Waals surface area (Å²) >= 11 is 0. The Hall–Kier alpha value is -2.02. The van der Waals surface area contributed by atoms with Crippen molar-refractivity contribution in [3.8, 4) is 0 Å². The van der Waals surface area contributed by atoms with E-state index in [2.05, 4.69) is 25.9 Å². The van der Waals surface area contributed by atoms with Crippen LogP contribution in [0.5, 0.6) is 0 Å². The molecule has 1 saturated heterocycles. The van der Waals surface area contributed by atoms with E-state index in [-0.39, 0.29) is 29.4 Å². The van der Waals surface area contributed by atoms with Gasteiger partial charge in [-0.3, -0.25) is 9.59 Å². The first-order chi connectivity index (χ1) is 10.4. The van der Waals surface area contributed by atoms with Crippen LogP contribution in [0.15, 0.2) is 12.4 Å². The number of nitrogens with zero attached hydrogens (tertiary/aromatic N) is 2. The highest BCUT2D eigenvalue weighted by molar-refractivity contribution is 6.02. The number of rotatable bonds is 3. The molecule has 1 atom stereocenters. The molecule has 7 nitrogen and oxygen atoms in total. The summed E-state index contributed by atoms with van der Waals surface area (Å²) in [5.74, 6) is -0.323. The molecule has 1 aliphatic rings. The highest BCUT2D eigenvalue weighted by atomic mass is 16.2. The molecule has 1 fully saturated rings. The lowest BCUT2D eigenvalue weighted by molar-refractivity contribution is -0.123. The number of carbonyl (C=O) groups is 2. The Morgan fingerprint density at radius 1 is 1.27 bits per heavy atom. The van der Waals surface area contributed by atoms with Gasteiger partial charge >= 0.3 is 0 Å². The zero-order chi connectivity index (χ0) is 16.2. The van der Waals surface area contributed by atoms with E-state index in [1.54, 1.807) is 20.8 Å². The third-order valence-corrected chi connectivity index (χ3v) is 3.46. The van der Waals surface area contributed by atoms with E-state index in [9.17, 15) is 9.59 Å². The number of hydrogen-bond donors (Lipinski definition) is 3. The zero-order valence-electron chi connectivity index (χ0n) is 13.3. The van der Waals surface area contributed by atoms with Gasteiger partial charge in [-0.05, 0) is 19.4 Å². The summed E-state index contributed by atoms with van der Waals surface area (Å²) in [5, 5.41) is 8.85. The van der Waals surface area contributed by atoms with E-state index in [0.29, 0.717) is 0 Å². The van der Waals surface area contributed by atoms with Crippen LogP contribution in [-0.2, 0) is 4.79 Å². The normalized spacial score (nSPS) is 18.6. The fourth-order valence-corrected chi connectivity index (χ4v) is 2.12. The molecule has 1 aliphatic heterocycles. The number of anilines is 1. The number of piperidine rings is 1. The maximum Gasteiger partial charge on any atom is 0.274 e. The van der Waals surface area contributed by atoms with E-state index in [0.717, 1.165) is 25.9 Å². The van der Waals surface area contributed by atoms with Crippen molar-refractivity contribution in [2.45, 2.75) is 39.7 Å². The summed E-state index contributed by atoms with van der Waals surface area (Å²) in [7, 11) is 0. The van der Waals surface area contributed by atoms with Crippen molar-refractivity contribution in [3.05, 3.63) is 18.1 Å². The van der Waals surface area contributed by atoms with Crippen LogP contribution < -0.4 is 16.0 Å². The van der Waals surface area contributed by atoms with Gasteiger partial charge in [0, 0.05) is 30.4 Å². The van der Waals surface area contributed by atoms with Crippen molar-refractivity contribution in [1.29, 1.82) is 0 Å². The lowest BCUT2D eigenvalue weighted by atomic mass is 9.96. The molecule has 2 rings (SSSR count). The minimum Gasteiger partial charge on any atom is -0.347 e. The monoisotopic (exact) mass is 305 g/mol. The second-order valence-corrected chi connectivity index (χ2v) is 6.47. The molecule has 1 aromatic heterocycles. The van der Waals surface area contributed by atoms with Crippen LogP contribution in [0.4, 0.5) is 5.82 Å². The fourth-order valence-electron chi connectivity index (χ4n) is 2.12.